The molecule has 1 aromatic heterocycles. The van der Waals surface area contributed by atoms with Gasteiger partial charge in [0, 0.05) is 32.7 Å². The van der Waals surface area contributed by atoms with Crippen LogP contribution in [0.15, 0.2) is 0 Å². The molecule has 0 radical (unpaired) electrons. The van der Waals surface area contributed by atoms with Crippen LogP contribution < -0.4 is 5.32 Å². The summed E-state index contributed by atoms with van der Waals surface area (Å²) in [5, 5.41) is 18.4. The Balaban J connectivity index is 1.93. The van der Waals surface area contributed by atoms with Gasteiger partial charge in [-0.2, -0.15) is 5.10 Å². The van der Waals surface area contributed by atoms with Crippen molar-refractivity contribution in [3.63, 3.8) is 0 Å². The minimum absolute atomic E-state index is 0.403. The molecule has 102 valence electrons. The van der Waals surface area contributed by atoms with Crippen LogP contribution in [0.4, 0.5) is 0 Å². The third-order valence-corrected chi connectivity index (χ3v) is 3.77. The number of nitrogens with one attached hydrogen (secondary N) is 1. The van der Waals surface area contributed by atoms with E-state index < -0.39 is 5.60 Å². The second-order valence-electron chi connectivity index (χ2n) is 4.79. The molecule has 1 aliphatic rings. The smallest absolute Gasteiger partial charge is 0.103 e. The van der Waals surface area contributed by atoms with Crippen LogP contribution in [0.5, 0.6) is 0 Å². The average Bonchev–Trinajstić information content (AvgIpc) is 2.88. The predicted octanol–water partition coefficient (Wildman–Crippen LogP) is 1.11. The fourth-order valence-electron chi connectivity index (χ4n) is 2.19. The molecule has 1 saturated heterocycles. The highest BCUT2D eigenvalue weighted by Gasteiger charge is 2.31. The molecule has 6 heteroatoms. The summed E-state index contributed by atoms with van der Waals surface area (Å²) in [6, 6.07) is 0. The first-order valence-corrected chi connectivity index (χ1v) is 6.66. The lowest BCUT2D eigenvalue weighted by atomic mass is 10.0. The van der Waals surface area contributed by atoms with Gasteiger partial charge in [0.15, 0.2) is 0 Å². The molecule has 0 spiro atoms. The molecular weight excluding hydrogens is 254 g/mol. The molecule has 0 saturated carbocycles. The highest BCUT2D eigenvalue weighted by atomic mass is 35.5. The van der Waals surface area contributed by atoms with Crippen LogP contribution in [-0.2, 0) is 17.8 Å². The van der Waals surface area contributed by atoms with Crippen molar-refractivity contribution in [1.29, 1.82) is 0 Å². The van der Waals surface area contributed by atoms with Crippen molar-refractivity contribution in [2.45, 2.75) is 39.0 Å². The third-order valence-electron chi connectivity index (χ3n) is 3.28. The van der Waals surface area contributed by atoms with Crippen LogP contribution in [0, 0.1) is 6.92 Å². The molecule has 2 heterocycles. The van der Waals surface area contributed by atoms with Gasteiger partial charge in [0.2, 0.25) is 0 Å². The van der Waals surface area contributed by atoms with E-state index in [0.29, 0.717) is 37.7 Å². The molecule has 1 aromatic rings. The van der Waals surface area contributed by atoms with Gasteiger partial charge in [-0.25, -0.2) is 0 Å². The van der Waals surface area contributed by atoms with E-state index in [1.54, 1.807) is 0 Å². The first-order chi connectivity index (χ1) is 8.56. The Morgan fingerprint density at radius 1 is 1.61 bits per heavy atom. The maximum atomic E-state index is 10.1. The van der Waals surface area contributed by atoms with Crippen molar-refractivity contribution in [1.82, 2.24) is 15.1 Å². The summed E-state index contributed by atoms with van der Waals surface area (Å²) in [5.41, 5.74) is 1.08. The zero-order valence-electron chi connectivity index (χ0n) is 10.9. The second kappa shape index (κ2) is 5.57. The molecule has 18 heavy (non-hydrogen) atoms. The van der Waals surface area contributed by atoms with Crippen LogP contribution in [0.25, 0.3) is 0 Å². The lowest BCUT2D eigenvalue weighted by molar-refractivity contribution is 0.0267. The van der Waals surface area contributed by atoms with Gasteiger partial charge in [-0.1, -0.05) is 11.6 Å². The van der Waals surface area contributed by atoms with Crippen LogP contribution >= 0.6 is 11.6 Å². The molecule has 2 N–H and O–H groups in total. The molecule has 1 fully saturated rings. The fourth-order valence-corrected chi connectivity index (χ4v) is 2.39. The van der Waals surface area contributed by atoms with E-state index in [4.69, 9.17) is 16.3 Å². The minimum atomic E-state index is -0.738. The number of nitrogens with zero attached hydrogens (tertiary/aromatic N) is 2. The van der Waals surface area contributed by atoms with Gasteiger partial charge < -0.3 is 15.2 Å². The lowest BCUT2D eigenvalue weighted by Gasteiger charge is -2.20. The van der Waals surface area contributed by atoms with Crippen molar-refractivity contribution < 1.29 is 9.84 Å². The van der Waals surface area contributed by atoms with Gasteiger partial charge >= 0.3 is 0 Å². The summed E-state index contributed by atoms with van der Waals surface area (Å²) in [4.78, 5) is 0. The standard InChI is InChI=1S/C12H20ClN3O2/c1-3-16-10(11(13)9(2)15-16)6-14-7-12(17)4-5-18-8-12/h14,17H,3-8H2,1-2H3. The molecule has 1 atom stereocenters. The number of aliphatic hydroxyl groups is 1. The van der Waals surface area contributed by atoms with Gasteiger partial charge in [-0.05, 0) is 13.8 Å². The van der Waals surface area contributed by atoms with Crippen LogP contribution in [-0.4, -0.2) is 40.2 Å². The van der Waals surface area contributed by atoms with E-state index in [0.717, 1.165) is 17.9 Å². The van der Waals surface area contributed by atoms with Gasteiger partial charge in [0.25, 0.3) is 0 Å². The number of hydrogen-bond donors (Lipinski definition) is 2. The summed E-state index contributed by atoms with van der Waals surface area (Å²) < 4.78 is 7.09. The first kappa shape index (κ1) is 13.8. The second-order valence-corrected chi connectivity index (χ2v) is 5.17. The maximum absolute atomic E-state index is 10.1. The van der Waals surface area contributed by atoms with E-state index in [9.17, 15) is 5.11 Å². The monoisotopic (exact) mass is 273 g/mol. The Morgan fingerprint density at radius 3 is 3.00 bits per heavy atom. The highest BCUT2D eigenvalue weighted by molar-refractivity contribution is 6.31. The Kier molecular flexibility index (Phi) is 4.27. The van der Waals surface area contributed by atoms with Crippen LogP contribution in [0.2, 0.25) is 5.02 Å². The molecule has 1 unspecified atom stereocenters. The quantitative estimate of drug-likeness (QED) is 0.844. The van der Waals surface area contributed by atoms with Crippen molar-refractivity contribution in [2.24, 2.45) is 0 Å². The molecule has 0 aromatic carbocycles. The molecule has 2 rings (SSSR count). The van der Waals surface area contributed by atoms with Gasteiger partial charge in [-0.15, -0.1) is 0 Å². The third kappa shape index (κ3) is 2.85. The summed E-state index contributed by atoms with van der Waals surface area (Å²) >= 11 is 6.21. The predicted molar refractivity (Wildman–Crippen MR) is 69.7 cm³/mol. The maximum Gasteiger partial charge on any atom is 0.103 e. The minimum Gasteiger partial charge on any atom is -0.386 e. The van der Waals surface area contributed by atoms with Crippen molar-refractivity contribution >= 4 is 11.6 Å². The van der Waals surface area contributed by atoms with Crippen LogP contribution in [0.3, 0.4) is 0 Å². The molecule has 0 aliphatic carbocycles. The largest absolute Gasteiger partial charge is 0.386 e. The Labute approximate surface area is 112 Å². The molecule has 0 amide bonds. The number of aryl methyl sites for hydroxylation is 2. The summed E-state index contributed by atoms with van der Waals surface area (Å²) in [5.74, 6) is 0. The lowest BCUT2D eigenvalue weighted by Crippen LogP contribution is -2.41. The van der Waals surface area contributed by atoms with E-state index in [2.05, 4.69) is 10.4 Å². The Bertz CT molecular complexity index is 414. The van der Waals surface area contributed by atoms with Gasteiger partial charge in [0.05, 0.1) is 23.0 Å². The molecular formula is C12H20ClN3O2. The number of halogens is 1. The summed E-state index contributed by atoms with van der Waals surface area (Å²) in [6.07, 6.45) is 0.680. The van der Waals surface area contributed by atoms with E-state index in [1.807, 2.05) is 18.5 Å². The average molecular weight is 274 g/mol. The SMILES string of the molecule is CCn1nc(C)c(Cl)c1CNCC1(O)CCOC1. The molecule has 0 bridgehead atoms. The topological polar surface area (TPSA) is 59.3 Å². The number of ether oxygens (including phenoxy) is 1. The zero-order valence-corrected chi connectivity index (χ0v) is 11.6. The molecule has 1 aliphatic heterocycles. The van der Waals surface area contributed by atoms with Crippen molar-refractivity contribution in [3.8, 4) is 0 Å². The fraction of sp³-hybridized carbons (Fsp3) is 0.750. The Morgan fingerprint density at radius 2 is 2.39 bits per heavy atom. The van der Waals surface area contributed by atoms with Crippen molar-refractivity contribution in [2.75, 3.05) is 19.8 Å². The van der Waals surface area contributed by atoms with Gasteiger partial charge in [0.1, 0.15) is 5.60 Å². The van der Waals surface area contributed by atoms with E-state index in [-0.39, 0.29) is 0 Å². The molecule has 5 nitrogen and oxygen atoms in total. The summed E-state index contributed by atoms with van der Waals surface area (Å²) in [6.45, 7) is 6.87. The van der Waals surface area contributed by atoms with E-state index in [1.165, 1.54) is 0 Å². The Hall–Kier alpha value is -0.620. The number of aromatic nitrogens is 2. The highest BCUT2D eigenvalue weighted by Crippen LogP contribution is 2.21. The summed E-state index contributed by atoms with van der Waals surface area (Å²) in [7, 11) is 0. The zero-order chi connectivity index (χ0) is 13.2. The van der Waals surface area contributed by atoms with Crippen molar-refractivity contribution in [3.05, 3.63) is 16.4 Å². The van der Waals surface area contributed by atoms with Crippen LogP contribution in [0.1, 0.15) is 24.7 Å². The first-order valence-electron chi connectivity index (χ1n) is 6.28. The normalized spacial score (nSPS) is 23.8. The van der Waals surface area contributed by atoms with E-state index >= 15 is 0 Å². The number of rotatable bonds is 5. The van der Waals surface area contributed by atoms with Gasteiger partial charge in [-0.3, -0.25) is 4.68 Å². The number of hydrogen-bond acceptors (Lipinski definition) is 4.